The summed E-state index contributed by atoms with van der Waals surface area (Å²) >= 11 is 0. The molecule has 0 radical (unpaired) electrons. The number of benzene rings is 1. The number of likely N-dealkylation sites (tertiary alicyclic amines) is 1. The minimum Gasteiger partial charge on any atom is -0.310 e. The van der Waals surface area contributed by atoms with E-state index in [1.165, 1.54) is 37.1 Å². The van der Waals surface area contributed by atoms with Crippen molar-refractivity contribution in [3.05, 3.63) is 35.4 Å². The summed E-state index contributed by atoms with van der Waals surface area (Å²) in [6, 6.07) is 9.57. The van der Waals surface area contributed by atoms with Gasteiger partial charge in [-0.05, 0) is 68.9 Å². The average Bonchev–Trinajstić information content (AvgIpc) is 2.45. The van der Waals surface area contributed by atoms with Gasteiger partial charge in [-0.25, -0.2) is 0 Å². The molecule has 0 aliphatic carbocycles. The molecule has 1 aromatic rings. The largest absolute Gasteiger partial charge is 0.310 e. The second-order valence-corrected chi connectivity index (χ2v) is 7.75. The SMILES string of the molecule is CC(NCC1CCN(C)CC1)c1ccc(C(C)(C)C)cc1. The van der Waals surface area contributed by atoms with Gasteiger partial charge in [-0.3, -0.25) is 0 Å². The fourth-order valence-corrected chi connectivity index (χ4v) is 3.00. The highest BCUT2D eigenvalue weighted by molar-refractivity contribution is 5.29. The first-order chi connectivity index (χ1) is 9.86. The molecule has 1 aromatic carbocycles. The number of nitrogens with one attached hydrogen (secondary N) is 1. The van der Waals surface area contributed by atoms with Gasteiger partial charge in [0, 0.05) is 6.04 Å². The number of piperidine rings is 1. The van der Waals surface area contributed by atoms with Crippen LogP contribution >= 0.6 is 0 Å². The molecule has 2 heteroatoms. The van der Waals surface area contributed by atoms with E-state index in [9.17, 15) is 0 Å². The molecule has 1 unspecified atom stereocenters. The molecule has 2 rings (SSSR count). The van der Waals surface area contributed by atoms with Crippen LogP contribution in [0, 0.1) is 5.92 Å². The Morgan fingerprint density at radius 3 is 2.24 bits per heavy atom. The lowest BCUT2D eigenvalue weighted by atomic mass is 9.86. The van der Waals surface area contributed by atoms with Crippen molar-refractivity contribution in [2.75, 3.05) is 26.7 Å². The smallest absolute Gasteiger partial charge is 0.0291 e. The Kier molecular flexibility index (Phi) is 5.45. The summed E-state index contributed by atoms with van der Waals surface area (Å²) < 4.78 is 0. The number of nitrogens with zero attached hydrogens (tertiary/aromatic N) is 1. The molecule has 0 aromatic heterocycles. The molecule has 2 nitrogen and oxygen atoms in total. The Hall–Kier alpha value is -0.860. The standard InChI is InChI=1S/C19H32N2/c1-15(20-14-16-10-12-21(5)13-11-16)17-6-8-18(9-7-17)19(2,3)4/h6-9,15-16,20H,10-14H2,1-5H3. The van der Waals surface area contributed by atoms with Crippen LogP contribution in [0.4, 0.5) is 0 Å². The van der Waals surface area contributed by atoms with E-state index >= 15 is 0 Å². The third kappa shape index (κ3) is 4.82. The molecule has 1 heterocycles. The van der Waals surface area contributed by atoms with Crippen molar-refractivity contribution in [1.82, 2.24) is 10.2 Å². The fraction of sp³-hybridized carbons (Fsp3) is 0.684. The highest BCUT2D eigenvalue weighted by atomic mass is 15.1. The normalized spacial score (nSPS) is 19.7. The van der Waals surface area contributed by atoms with E-state index in [0.717, 1.165) is 12.5 Å². The molecular formula is C19H32N2. The van der Waals surface area contributed by atoms with E-state index in [0.29, 0.717) is 6.04 Å². The van der Waals surface area contributed by atoms with Crippen molar-refractivity contribution < 1.29 is 0 Å². The van der Waals surface area contributed by atoms with Crippen LogP contribution < -0.4 is 5.32 Å². The third-order valence-electron chi connectivity index (χ3n) is 4.83. The van der Waals surface area contributed by atoms with E-state index in [-0.39, 0.29) is 5.41 Å². The topological polar surface area (TPSA) is 15.3 Å². The van der Waals surface area contributed by atoms with Gasteiger partial charge >= 0.3 is 0 Å². The zero-order valence-electron chi connectivity index (χ0n) is 14.4. The summed E-state index contributed by atoms with van der Waals surface area (Å²) in [4.78, 5) is 2.44. The minimum atomic E-state index is 0.239. The van der Waals surface area contributed by atoms with Crippen LogP contribution in [-0.4, -0.2) is 31.6 Å². The summed E-state index contributed by atoms with van der Waals surface area (Å²) in [6.45, 7) is 12.7. The lowest BCUT2D eigenvalue weighted by Gasteiger charge is -2.30. The summed E-state index contributed by atoms with van der Waals surface area (Å²) in [5.74, 6) is 0.845. The average molecular weight is 288 g/mol. The number of hydrogen-bond acceptors (Lipinski definition) is 2. The predicted octanol–water partition coefficient (Wildman–Crippen LogP) is 3.98. The van der Waals surface area contributed by atoms with E-state index in [2.05, 4.69) is 69.2 Å². The van der Waals surface area contributed by atoms with Crippen LogP contribution in [0.5, 0.6) is 0 Å². The van der Waals surface area contributed by atoms with Gasteiger partial charge in [0.1, 0.15) is 0 Å². The summed E-state index contributed by atoms with van der Waals surface area (Å²) in [5.41, 5.74) is 3.05. The second kappa shape index (κ2) is 6.93. The molecule has 21 heavy (non-hydrogen) atoms. The molecule has 0 saturated carbocycles. The summed E-state index contributed by atoms with van der Waals surface area (Å²) in [5, 5.41) is 3.72. The van der Waals surface area contributed by atoms with Gasteiger partial charge in [-0.2, -0.15) is 0 Å². The van der Waals surface area contributed by atoms with Crippen molar-refractivity contribution >= 4 is 0 Å². The van der Waals surface area contributed by atoms with Crippen LogP contribution in [0.3, 0.4) is 0 Å². The Bertz CT molecular complexity index is 422. The Labute approximate surface area is 130 Å². The molecule has 1 N–H and O–H groups in total. The minimum absolute atomic E-state index is 0.239. The van der Waals surface area contributed by atoms with Crippen molar-refractivity contribution in [2.24, 2.45) is 5.92 Å². The van der Waals surface area contributed by atoms with Crippen molar-refractivity contribution in [1.29, 1.82) is 0 Å². The molecule has 1 aliphatic rings. The molecular weight excluding hydrogens is 256 g/mol. The van der Waals surface area contributed by atoms with Crippen LogP contribution in [0.25, 0.3) is 0 Å². The maximum Gasteiger partial charge on any atom is 0.0291 e. The van der Waals surface area contributed by atoms with Crippen molar-refractivity contribution in [2.45, 2.75) is 52.0 Å². The highest BCUT2D eigenvalue weighted by Gasteiger charge is 2.18. The van der Waals surface area contributed by atoms with Crippen LogP contribution in [0.2, 0.25) is 0 Å². The zero-order valence-corrected chi connectivity index (χ0v) is 14.4. The zero-order chi connectivity index (χ0) is 15.5. The van der Waals surface area contributed by atoms with Crippen LogP contribution in [-0.2, 0) is 5.41 Å². The Morgan fingerprint density at radius 2 is 1.71 bits per heavy atom. The first kappa shape index (κ1) is 16.5. The fourth-order valence-electron chi connectivity index (χ4n) is 3.00. The van der Waals surface area contributed by atoms with E-state index in [1.54, 1.807) is 0 Å². The predicted molar refractivity (Wildman–Crippen MR) is 91.8 cm³/mol. The van der Waals surface area contributed by atoms with Gasteiger partial charge in [0.2, 0.25) is 0 Å². The van der Waals surface area contributed by atoms with Gasteiger partial charge in [0.05, 0.1) is 0 Å². The highest BCUT2D eigenvalue weighted by Crippen LogP contribution is 2.24. The lowest BCUT2D eigenvalue weighted by molar-refractivity contribution is 0.213. The first-order valence-corrected chi connectivity index (χ1v) is 8.38. The van der Waals surface area contributed by atoms with Crippen LogP contribution in [0.1, 0.15) is 57.7 Å². The van der Waals surface area contributed by atoms with Crippen molar-refractivity contribution in [3.8, 4) is 0 Å². The van der Waals surface area contributed by atoms with E-state index < -0.39 is 0 Å². The molecule has 1 aliphatic heterocycles. The quantitative estimate of drug-likeness (QED) is 0.901. The molecule has 1 fully saturated rings. The monoisotopic (exact) mass is 288 g/mol. The lowest BCUT2D eigenvalue weighted by Crippen LogP contribution is -2.35. The van der Waals surface area contributed by atoms with E-state index in [4.69, 9.17) is 0 Å². The van der Waals surface area contributed by atoms with Crippen molar-refractivity contribution in [3.63, 3.8) is 0 Å². The molecule has 0 bridgehead atoms. The molecule has 1 saturated heterocycles. The van der Waals surface area contributed by atoms with Crippen LogP contribution in [0.15, 0.2) is 24.3 Å². The van der Waals surface area contributed by atoms with E-state index in [1.807, 2.05) is 0 Å². The summed E-state index contributed by atoms with van der Waals surface area (Å²) in [6.07, 6.45) is 2.67. The van der Waals surface area contributed by atoms with Gasteiger partial charge < -0.3 is 10.2 Å². The van der Waals surface area contributed by atoms with Gasteiger partial charge in [0.25, 0.3) is 0 Å². The number of hydrogen-bond donors (Lipinski definition) is 1. The van der Waals surface area contributed by atoms with Gasteiger partial charge in [-0.15, -0.1) is 0 Å². The maximum atomic E-state index is 3.72. The Balaban J connectivity index is 1.84. The molecule has 0 amide bonds. The van der Waals surface area contributed by atoms with Gasteiger partial charge in [0.15, 0.2) is 0 Å². The first-order valence-electron chi connectivity index (χ1n) is 8.38. The number of rotatable bonds is 4. The van der Waals surface area contributed by atoms with Gasteiger partial charge in [-0.1, -0.05) is 45.0 Å². The third-order valence-corrected chi connectivity index (χ3v) is 4.83. The molecule has 118 valence electrons. The summed E-state index contributed by atoms with van der Waals surface area (Å²) in [7, 11) is 2.23. The Morgan fingerprint density at radius 1 is 1.14 bits per heavy atom. The second-order valence-electron chi connectivity index (χ2n) is 7.75. The molecule has 0 spiro atoms. The molecule has 1 atom stereocenters. The maximum absolute atomic E-state index is 3.72.